The number of nitrogens with one attached hydrogen (secondary N) is 1. The van der Waals surface area contributed by atoms with Crippen LogP contribution in [0.5, 0.6) is 0 Å². The van der Waals surface area contributed by atoms with Crippen LogP contribution < -0.4 is 5.32 Å². The Hall–Kier alpha value is -2.06. The number of nitrogens with zero attached hydrogens (tertiary/aromatic N) is 1. The van der Waals surface area contributed by atoms with E-state index in [1.165, 1.54) is 122 Å². The highest BCUT2D eigenvalue weighted by molar-refractivity contribution is 7.47. The number of aliphatic hydroxyl groups excluding tert-OH is 1. The quantitative estimate of drug-likeness (QED) is 0.0243. The maximum atomic E-state index is 12.9. The average molecular weight is 904 g/mol. The van der Waals surface area contributed by atoms with Gasteiger partial charge in [0.2, 0.25) is 5.91 Å². The van der Waals surface area contributed by atoms with E-state index in [0.29, 0.717) is 17.4 Å². The summed E-state index contributed by atoms with van der Waals surface area (Å²) < 4.78 is 23.6. The summed E-state index contributed by atoms with van der Waals surface area (Å²) in [4.78, 5) is 23.2. The van der Waals surface area contributed by atoms with Crippen LogP contribution in [0, 0.1) is 0 Å². The first-order valence-electron chi connectivity index (χ1n) is 25.8. The second-order valence-corrected chi connectivity index (χ2v) is 20.0. The van der Waals surface area contributed by atoms with Crippen LogP contribution in [0.1, 0.15) is 213 Å². The summed E-state index contributed by atoms with van der Waals surface area (Å²) in [6.07, 6.45) is 61.3. The molecule has 0 rings (SSSR count). The van der Waals surface area contributed by atoms with Gasteiger partial charge >= 0.3 is 7.82 Å². The van der Waals surface area contributed by atoms with Crippen LogP contribution >= 0.6 is 7.82 Å². The molecule has 0 aliphatic rings. The zero-order valence-electron chi connectivity index (χ0n) is 41.5. The molecule has 0 fully saturated rings. The van der Waals surface area contributed by atoms with E-state index in [1.807, 2.05) is 27.2 Å². The maximum absolute atomic E-state index is 12.9. The molecule has 366 valence electrons. The SMILES string of the molecule is CCCCCCC/C=C\C/C=C\C/C=C\CCCCCCCCC(=O)NC(COP(=O)(O)OCC[N+](C)(C)C)C(O)/C=C/CC/C=C/CC/C=C/CCCCCCCCCCCC. The minimum Gasteiger partial charge on any atom is -0.387 e. The Kier molecular flexibility index (Phi) is 43.6. The van der Waals surface area contributed by atoms with Gasteiger partial charge in [0, 0.05) is 6.42 Å². The van der Waals surface area contributed by atoms with Crippen molar-refractivity contribution < 1.29 is 32.9 Å². The number of hydrogen-bond acceptors (Lipinski definition) is 5. The van der Waals surface area contributed by atoms with Crippen LogP contribution in [0.15, 0.2) is 72.9 Å². The summed E-state index contributed by atoms with van der Waals surface area (Å²) >= 11 is 0. The van der Waals surface area contributed by atoms with Gasteiger partial charge in [0.25, 0.3) is 0 Å². The lowest BCUT2D eigenvalue weighted by Gasteiger charge is -2.25. The van der Waals surface area contributed by atoms with Gasteiger partial charge in [0.05, 0.1) is 39.9 Å². The first kappa shape index (κ1) is 60.9. The van der Waals surface area contributed by atoms with Crippen LogP contribution in [0.4, 0.5) is 0 Å². The van der Waals surface area contributed by atoms with Crippen molar-refractivity contribution in [2.75, 3.05) is 40.9 Å². The molecule has 0 aromatic rings. The molecule has 0 aromatic heterocycles. The maximum Gasteiger partial charge on any atom is 0.472 e. The van der Waals surface area contributed by atoms with Gasteiger partial charge < -0.3 is 19.8 Å². The van der Waals surface area contributed by atoms with Gasteiger partial charge in [-0.3, -0.25) is 13.8 Å². The number of unbranched alkanes of at least 4 members (excludes halogenated alkanes) is 23. The van der Waals surface area contributed by atoms with Gasteiger partial charge in [-0.2, -0.15) is 0 Å². The Bertz CT molecular complexity index is 1250. The van der Waals surface area contributed by atoms with Gasteiger partial charge in [-0.25, -0.2) is 4.57 Å². The van der Waals surface area contributed by atoms with Gasteiger partial charge in [-0.1, -0.05) is 196 Å². The zero-order valence-corrected chi connectivity index (χ0v) is 42.4. The van der Waals surface area contributed by atoms with Crippen LogP contribution in [-0.4, -0.2) is 73.4 Å². The van der Waals surface area contributed by atoms with E-state index in [4.69, 9.17) is 9.05 Å². The number of allylic oxidation sites excluding steroid dienone is 11. The van der Waals surface area contributed by atoms with Crippen LogP contribution in [0.25, 0.3) is 0 Å². The smallest absolute Gasteiger partial charge is 0.387 e. The highest BCUT2D eigenvalue weighted by Crippen LogP contribution is 2.43. The molecule has 0 aliphatic heterocycles. The van der Waals surface area contributed by atoms with E-state index in [0.717, 1.165) is 70.6 Å². The number of quaternary nitrogens is 1. The number of amides is 1. The first-order valence-corrected chi connectivity index (χ1v) is 27.3. The van der Waals surface area contributed by atoms with Gasteiger partial charge in [-0.05, 0) is 83.5 Å². The molecular formula is C54H100N2O6P+. The molecule has 0 heterocycles. The lowest BCUT2D eigenvalue weighted by atomic mass is 10.1. The Balaban J connectivity index is 4.44. The summed E-state index contributed by atoms with van der Waals surface area (Å²) in [6, 6.07) is -0.880. The monoisotopic (exact) mass is 904 g/mol. The van der Waals surface area contributed by atoms with Gasteiger partial charge in [0.1, 0.15) is 13.2 Å². The van der Waals surface area contributed by atoms with Crippen molar-refractivity contribution in [3.05, 3.63) is 72.9 Å². The van der Waals surface area contributed by atoms with Gasteiger partial charge in [0.15, 0.2) is 0 Å². The standard InChI is InChI=1S/C54H99N2O6P/c1-6-8-10-12-14-16-18-20-22-24-26-28-30-32-34-36-38-40-42-44-46-48-54(58)55-52(51-62-63(59,60)61-50-49-56(3,4)5)53(57)47-45-43-41-39-37-35-33-31-29-27-25-23-21-19-17-15-13-11-9-7-2/h18,20,24,26,29-32,37,39,45,47,52-53,57H,6-17,19,21-23,25,27-28,33-36,38,40-44,46,48-51H2,1-5H3,(H-,55,58,59,60)/p+1/b20-18-,26-24-,31-29+,32-30-,39-37+,47-45+. The highest BCUT2D eigenvalue weighted by Gasteiger charge is 2.27. The molecule has 0 saturated carbocycles. The highest BCUT2D eigenvalue weighted by atomic mass is 31.2. The van der Waals surface area contributed by atoms with E-state index in [1.54, 1.807) is 6.08 Å². The molecule has 9 heteroatoms. The third kappa shape index (κ3) is 47.7. The summed E-state index contributed by atoms with van der Waals surface area (Å²) in [5.74, 6) is -0.205. The lowest BCUT2D eigenvalue weighted by Crippen LogP contribution is -2.45. The number of likely N-dealkylation sites (N-methyl/N-ethyl adjacent to an activating group) is 1. The molecule has 3 N–H and O–H groups in total. The topological polar surface area (TPSA) is 105 Å². The minimum atomic E-state index is -4.36. The van der Waals surface area contributed by atoms with Crippen LogP contribution in [0.3, 0.4) is 0 Å². The minimum absolute atomic E-state index is 0.0475. The lowest BCUT2D eigenvalue weighted by molar-refractivity contribution is -0.870. The molecule has 0 radical (unpaired) electrons. The summed E-state index contributed by atoms with van der Waals surface area (Å²) in [5.41, 5.74) is 0. The molecule has 0 spiro atoms. The molecule has 0 saturated heterocycles. The fourth-order valence-electron chi connectivity index (χ4n) is 7.02. The molecule has 63 heavy (non-hydrogen) atoms. The Morgan fingerprint density at radius 3 is 1.38 bits per heavy atom. The van der Waals surface area contributed by atoms with Crippen molar-refractivity contribution in [1.29, 1.82) is 0 Å². The Labute approximate surface area is 389 Å². The fraction of sp³-hybridized carbons (Fsp3) is 0.759. The number of rotatable bonds is 46. The van der Waals surface area contributed by atoms with Crippen molar-refractivity contribution in [2.45, 2.75) is 225 Å². The number of hydrogen-bond donors (Lipinski definition) is 3. The predicted octanol–water partition coefficient (Wildman–Crippen LogP) is 15.1. The molecule has 3 atom stereocenters. The number of phosphoric acid groups is 1. The molecule has 1 amide bonds. The third-order valence-corrected chi connectivity index (χ3v) is 12.1. The van der Waals surface area contributed by atoms with Gasteiger partial charge in [-0.15, -0.1) is 0 Å². The second kappa shape index (κ2) is 45.1. The van der Waals surface area contributed by atoms with E-state index >= 15 is 0 Å². The third-order valence-electron chi connectivity index (χ3n) is 11.1. The number of carbonyl (C=O) groups is 1. The second-order valence-electron chi connectivity index (χ2n) is 18.5. The molecule has 0 bridgehead atoms. The predicted molar refractivity (Wildman–Crippen MR) is 272 cm³/mol. The van der Waals surface area contributed by atoms with Crippen molar-refractivity contribution >= 4 is 13.7 Å². The molecule has 0 aliphatic carbocycles. The van der Waals surface area contributed by atoms with Crippen molar-refractivity contribution in [3.8, 4) is 0 Å². The zero-order chi connectivity index (χ0) is 46.4. The first-order chi connectivity index (χ1) is 30.5. The van der Waals surface area contributed by atoms with E-state index in [2.05, 4.69) is 79.9 Å². The summed E-state index contributed by atoms with van der Waals surface area (Å²) in [5, 5.41) is 13.9. The largest absolute Gasteiger partial charge is 0.472 e. The molecular weight excluding hydrogens is 804 g/mol. The van der Waals surface area contributed by atoms with Crippen LogP contribution in [-0.2, 0) is 18.4 Å². The van der Waals surface area contributed by atoms with E-state index < -0.39 is 20.0 Å². The molecule has 8 nitrogen and oxygen atoms in total. The number of phosphoric ester groups is 1. The van der Waals surface area contributed by atoms with Crippen molar-refractivity contribution in [2.24, 2.45) is 0 Å². The van der Waals surface area contributed by atoms with Crippen molar-refractivity contribution in [1.82, 2.24) is 5.32 Å². The van der Waals surface area contributed by atoms with E-state index in [9.17, 15) is 19.4 Å². The normalized spacial score (nSPS) is 14.7. The fourth-order valence-corrected chi connectivity index (χ4v) is 7.76. The van der Waals surface area contributed by atoms with E-state index in [-0.39, 0.29) is 19.1 Å². The molecule has 0 aromatic carbocycles. The van der Waals surface area contributed by atoms with Crippen LogP contribution in [0.2, 0.25) is 0 Å². The molecule has 3 unspecified atom stereocenters. The summed E-state index contributed by atoms with van der Waals surface area (Å²) in [7, 11) is 1.53. The Morgan fingerprint density at radius 2 is 0.921 bits per heavy atom. The number of aliphatic hydroxyl groups is 1. The van der Waals surface area contributed by atoms with Crippen molar-refractivity contribution in [3.63, 3.8) is 0 Å². The average Bonchev–Trinajstić information content (AvgIpc) is 3.24. The number of carbonyl (C=O) groups excluding carboxylic acids is 1. The summed E-state index contributed by atoms with van der Waals surface area (Å²) in [6.45, 7) is 4.76. The Morgan fingerprint density at radius 1 is 0.540 bits per heavy atom.